The van der Waals surface area contributed by atoms with Crippen molar-refractivity contribution in [1.82, 2.24) is 0 Å². The van der Waals surface area contributed by atoms with Crippen LogP contribution in [-0.2, 0) is 6.42 Å². The summed E-state index contributed by atoms with van der Waals surface area (Å²) in [6, 6.07) is 12.9. The third kappa shape index (κ3) is 5.12. The van der Waals surface area contributed by atoms with E-state index in [4.69, 9.17) is 0 Å². The van der Waals surface area contributed by atoms with Gasteiger partial charge in [0.1, 0.15) is 5.75 Å². The third-order valence-electron chi connectivity index (χ3n) is 4.62. The van der Waals surface area contributed by atoms with Crippen molar-refractivity contribution in [2.24, 2.45) is 0 Å². The molecule has 3 aromatic carbocycles. The Labute approximate surface area is 179 Å². The highest BCUT2D eigenvalue weighted by atomic mass is 19.3. The van der Waals surface area contributed by atoms with Crippen LogP contribution in [0.3, 0.4) is 0 Å². The maximum atomic E-state index is 14.4. The molecule has 0 bridgehead atoms. The van der Waals surface area contributed by atoms with Crippen LogP contribution in [0.1, 0.15) is 24.5 Å². The van der Waals surface area contributed by atoms with E-state index in [0.29, 0.717) is 5.56 Å². The average Bonchev–Trinajstić information content (AvgIpc) is 2.77. The molecule has 0 aliphatic heterocycles. The van der Waals surface area contributed by atoms with Crippen molar-refractivity contribution < 1.29 is 35.5 Å². The van der Waals surface area contributed by atoms with Gasteiger partial charge in [-0.15, -0.1) is 0 Å². The molecule has 0 unspecified atom stereocenters. The summed E-state index contributed by atoms with van der Waals surface area (Å²) in [7, 11) is 0. The molecule has 32 heavy (non-hydrogen) atoms. The van der Waals surface area contributed by atoms with Crippen LogP contribution in [0.25, 0.3) is 17.0 Å². The number of hydrogen-bond donors (Lipinski definition) is 0. The summed E-state index contributed by atoms with van der Waals surface area (Å²) in [6.45, 7) is 2.05. The zero-order valence-electron chi connectivity index (χ0n) is 16.7. The molecule has 0 aliphatic carbocycles. The Balaban J connectivity index is 1.82. The van der Waals surface area contributed by atoms with E-state index in [-0.39, 0.29) is 12.1 Å². The fourth-order valence-electron chi connectivity index (χ4n) is 3.00. The number of alkyl halides is 2. The highest BCUT2D eigenvalue weighted by Crippen LogP contribution is 2.36. The lowest BCUT2D eigenvalue weighted by Gasteiger charge is -2.17. The molecule has 0 heterocycles. The van der Waals surface area contributed by atoms with Gasteiger partial charge in [-0.05, 0) is 23.1 Å². The summed E-state index contributed by atoms with van der Waals surface area (Å²) < 4.78 is 99.7. The molecule has 0 N–H and O–H groups in total. The van der Waals surface area contributed by atoms with Gasteiger partial charge in [-0.2, -0.15) is 13.2 Å². The highest BCUT2D eigenvalue weighted by molar-refractivity contribution is 5.69. The predicted octanol–water partition coefficient (Wildman–Crippen LogP) is 8.00. The Morgan fingerprint density at radius 1 is 0.812 bits per heavy atom. The monoisotopic (exact) mass is 454 g/mol. The Kier molecular flexibility index (Phi) is 6.91. The second-order valence-electron chi connectivity index (χ2n) is 6.97. The number of aryl methyl sites for hydroxylation is 1. The van der Waals surface area contributed by atoms with Gasteiger partial charge in [0.15, 0.2) is 23.3 Å². The van der Waals surface area contributed by atoms with E-state index in [1.807, 2.05) is 24.3 Å². The van der Waals surface area contributed by atoms with Crippen molar-refractivity contribution >= 4 is 5.83 Å². The molecule has 3 aromatic rings. The molecule has 0 spiro atoms. The molecule has 0 fully saturated rings. The van der Waals surface area contributed by atoms with E-state index in [0.717, 1.165) is 36.1 Å². The highest BCUT2D eigenvalue weighted by Gasteiger charge is 2.42. The number of halogens is 7. The van der Waals surface area contributed by atoms with Crippen LogP contribution in [0.2, 0.25) is 0 Å². The van der Waals surface area contributed by atoms with Crippen LogP contribution in [0.15, 0.2) is 66.5 Å². The lowest BCUT2D eigenvalue weighted by atomic mass is 10.0. The summed E-state index contributed by atoms with van der Waals surface area (Å²) in [6.07, 6.45) is -2.98. The second-order valence-corrected chi connectivity index (χ2v) is 6.97. The van der Waals surface area contributed by atoms with Crippen LogP contribution < -0.4 is 4.74 Å². The largest absolute Gasteiger partial charge is 0.457 e. The molecular weight excluding hydrogens is 437 g/mol. The molecule has 0 saturated carbocycles. The first-order chi connectivity index (χ1) is 15.1. The Morgan fingerprint density at radius 2 is 1.31 bits per heavy atom. The van der Waals surface area contributed by atoms with Gasteiger partial charge in [0, 0.05) is 17.7 Å². The fourth-order valence-corrected chi connectivity index (χ4v) is 3.00. The molecule has 0 radical (unpaired) electrons. The van der Waals surface area contributed by atoms with Gasteiger partial charge in [0.2, 0.25) is 5.83 Å². The average molecular weight is 454 g/mol. The molecule has 0 aromatic heterocycles. The summed E-state index contributed by atoms with van der Waals surface area (Å²) >= 11 is 0. The zero-order chi connectivity index (χ0) is 23.5. The van der Waals surface area contributed by atoms with Crippen molar-refractivity contribution in [2.45, 2.75) is 25.9 Å². The lowest BCUT2D eigenvalue weighted by Crippen LogP contribution is -2.26. The first kappa shape index (κ1) is 23.4. The van der Waals surface area contributed by atoms with Crippen LogP contribution in [0.5, 0.6) is 5.75 Å². The Morgan fingerprint density at radius 3 is 1.81 bits per heavy atom. The van der Waals surface area contributed by atoms with E-state index in [2.05, 4.69) is 11.7 Å². The zero-order valence-corrected chi connectivity index (χ0v) is 16.7. The van der Waals surface area contributed by atoms with Crippen molar-refractivity contribution in [3.05, 3.63) is 95.1 Å². The van der Waals surface area contributed by atoms with Gasteiger partial charge in [0.05, 0.1) is 0 Å². The minimum absolute atomic E-state index is 0.0953. The third-order valence-corrected chi connectivity index (χ3v) is 4.62. The molecule has 8 heteroatoms. The van der Waals surface area contributed by atoms with Crippen LogP contribution in [0.4, 0.5) is 30.7 Å². The molecular formula is C24H17F7O. The van der Waals surface area contributed by atoms with Gasteiger partial charge in [-0.1, -0.05) is 61.9 Å². The summed E-state index contributed by atoms with van der Waals surface area (Å²) in [5.41, 5.74) is 2.11. The van der Waals surface area contributed by atoms with E-state index in [9.17, 15) is 30.7 Å². The number of hydrogen-bond acceptors (Lipinski definition) is 1. The molecule has 0 saturated heterocycles. The van der Waals surface area contributed by atoms with Crippen LogP contribution in [-0.4, -0.2) is 6.11 Å². The van der Waals surface area contributed by atoms with Crippen LogP contribution >= 0.6 is 0 Å². The van der Waals surface area contributed by atoms with Crippen molar-refractivity contribution in [3.63, 3.8) is 0 Å². The molecule has 0 aliphatic rings. The van der Waals surface area contributed by atoms with E-state index >= 15 is 0 Å². The van der Waals surface area contributed by atoms with Gasteiger partial charge in [-0.25, -0.2) is 17.6 Å². The number of ether oxygens (including phenoxy) is 1. The Bertz CT molecular complexity index is 1100. The summed E-state index contributed by atoms with van der Waals surface area (Å²) in [5.74, 6) is -11.3. The first-order valence-electron chi connectivity index (χ1n) is 9.59. The maximum absolute atomic E-state index is 14.4. The molecule has 168 valence electrons. The molecule has 1 nitrogen and oxygen atoms in total. The minimum atomic E-state index is -4.89. The Hall–Kier alpha value is -3.29. The second kappa shape index (κ2) is 9.46. The van der Waals surface area contributed by atoms with Gasteiger partial charge < -0.3 is 4.74 Å². The quantitative estimate of drug-likeness (QED) is 0.260. The topological polar surface area (TPSA) is 9.23 Å². The minimum Gasteiger partial charge on any atom is -0.427 e. The molecule has 3 rings (SSSR count). The van der Waals surface area contributed by atoms with E-state index in [1.54, 1.807) is 0 Å². The van der Waals surface area contributed by atoms with E-state index in [1.165, 1.54) is 12.1 Å². The van der Waals surface area contributed by atoms with Crippen molar-refractivity contribution in [2.75, 3.05) is 0 Å². The lowest BCUT2D eigenvalue weighted by molar-refractivity contribution is -0.156. The predicted molar refractivity (Wildman–Crippen MR) is 107 cm³/mol. The molecule has 0 amide bonds. The van der Waals surface area contributed by atoms with Crippen molar-refractivity contribution in [1.29, 1.82) is 0 Å². The standard InChI is InChI=1S/C24H17F7O/c1-2-3-14-4-6-15(7-5-14)16-8-10-17(11-9-16)21(27)23(29)24(30,31)32-18-12-19(25)22(28)20(26)13-18/h4-13H,2-3H2,1H3/b23-21+. The number of rotatable bonds is 7. The normalized spacial score (nSPS) is 12.5. The first-order valence-corrected chi connectivity index (χ1v) is 9.59. The van der Waals surface area contributed by atoms with Crippen LogP contribution in [0, 0.1) is 17.5 Å². The summed E-state index contributed by atoms with van der Waals surface area (Å²) in [4.78, 5) is 0. The molecule has 0 atom stereocenters. The van der Waals surface area contributed by atoms with Gasteiger partial charge >= 0.3 is 6.11 Å². The fraction of sp³-hybridized carbons (Fsp3) is 0.167. The van der Waals surface area contributed by atoms with Gasteiger partial charge in [0.25, 0.3) is 0 Å². The SMILES string of the molecule is CCCc1ccc(-c2ccc(/C(F)=C(\F)C(F)(F)Oc3cc(F)c(F)c(F)c3)cc2)cc1. The maximum Gasteiger partial charge on any atom is 0.457 e. The van der Waals surface area contributed by atoms with E-state index < -0.39 is 46.5 Å². The summed E-state index contributed by atoms with van der Waals surface area (Å²) in [5, 5.41) is 0. The van der Waals surface area contributed by atoms with Gasteiger partial charge in [-0.3, -0.25) is 0 Å². The smallest absolute Gasteiger partial charge is 0.427 e. The number of benzene rings is 3. The van der Waals surface area contributed by atoms with Crippen molar-refractivity contribution in [3.8, 4) is 16.9 Å².